The quantitative estimate of drug-likeness (QED) is 0.623. The highest BCUT2D eigenvalue weighted by Gasteiger charge is 2.23. The monoisotopic (exact) mass is 338 g/mol. The summed E-state index contributed by atoms with van der Waals surface area (Å²) in [6, 6.07) is 7.04. The number of hydrogen-bond acceptors (Lipinski definition) is 2. The fourth-order valence-electron chi connectivity index (χ4n) is 1.26. The molecule has 1 aromatic carbocycles. The molecule has 1 unspecified atom stereocenters. The molecule has 0 aliphatic carbocycles. The molecule has 1 aromatic rings. The second-order valence-electron chi connectivity index (χ2n) is 3.56. The van der Waals surface area contributed by atoms with Gasteiger partial charge in [0, 0.05) is 0 Å². The van der Waals surface area contributed by atoms with Crippen LogP contribution in [0.4, 0.5) is 0 Å². The molecule has 1 rings (SSSR count). The van der Waals surface area contributed by atoms with Crippen LogP contribution in [0.25, 0.3) is 0 Å². The van der Waals surface area contributed by atoms with Crippen molar-refractivity contribution in [2.45, 2.75) is 34.8 Å². The summed E-state index contributed by atoms with van der Waals surface area (Å²) in [5.74, 6) is 0. The van der Waals surface area contributed by atoms with Gasteiger partial charge in [-0.3, -0.25) is 0 Å². The van der Waals surface area contributed by atoms with Gasteiger partial charge in [0.15, 0.2) is 9.84 Å². The Hall–Kier alpha value is -0.1000. The predicted octanol–water partition coefficient (Wildman–Crippen LogP) is 3.33. The standard InChI is InChI=1S/C11H15IO2S/c1-3-4-11(12)15(13,14)10-7-5-9(2)6-8-10/h5-8,11H,3-4H2,1-2H3. The summed E-state index contributed by atoms with van der Waals surface area (Å²) in [6.45, 7) is 3.94. The van der Waals surface area contributed by atoms with Crippen molar-refractivity contribution in [2.75, 3.05) is 0 Å². The third kappa shape index (κ3) is 3.17. The van der Waals surface area contributed by atoms with Crippen LogP contribution < -0.4 is 0 Å². The van der Waals surface area contributed by atoms with Crippen molar-refractivity contribution in [2.24, 2.45) is 0 Å². The third-order valence-electron chi connectivity index (χ3n) is 2.20. The molecular weight excluding hydrogens is 323 g/mol. The molecule has 0 aromatic heterocycles. The molecule has 0 aliphatic rings. The molecule has 0 heterocycles. The van der Waals surface area contributed by atoms with Crippen LogP contribution in [0.5, 0.6) is 0 Å². The molecular formula is C11H15IO2S. The summed E-state index contributed by atoms with van der Waals surface area (Å²) >= 11 is 2.01. The van der Waals surface area contributed by atoms with Gasteiger partial charge in [-0.25, -0.2) is 8.42 Å². The van der Waals surface area contributed by atoms with E-state index >= 15 is 0 Å². The lowest BCUT2D eigenvalue weighted by molar-refractivity contribution is 0.591. The van der Waals surface area contributed by atoms with Gasteiger partial charge in [0.05, 0.1) is 4.90 Å². The second-order valence-corrected chi connectivity index (χ2v) is 8.04. The number of halogens is 1. The number of hydrogen-bond donors (Lipinski definition) is 0. The van der Waals surface area contributed by atoms with Crippen LogP contribution in [-0.2, 0) is 9.84 Å². The van der Waals surface area contributed by atoms with E-state index in [1.165, 1.54) is 0 Å². The zero-order chi connectivity index (χ0) is 11.5. The molecule has 0 fully saturated rings. The predicted molar refractivity (Wildman–Crippen MR) is 71.1 cm³/mol. The van der Waals surface area contributed by atoms with Crippen molar-refractivity contribution < 1.29 is 8.42 Å². The number of rotatable bonds is 4. The van der Waals surface area contributed by atoms with Crippen molar-refractivity contribution >= 4 is 32.4 Å². The van der Waals surface area contributed by atoms with Crippen LogP contribution in [0.3, 0.4) is 0 Å². The van der Waals surface area contributed by atoms with E-state index in [-0.39, 0.29) is 3.26 Å². The molecule has 84 valence electrons. The zero-order valence-electron chi connectivity index (χ0n) is 8.90. The Kier molecular flexibility index (Phi) is 4.58. The zero-order valence-corrected chi connectivity index (χ0v) is 11.9. The number of alkyl halides is 1. The van der Waals surface area contributed by atoms with Crippen LogP contribution in [0, 0.1) is 6.92 Å². The average molecular weight is 338 g/mol. The molecule has 0 amide bonds. The summed E-state index contributed by atoms with van der Waals surface area (Å²) < 4.78 is 23.7. The summed E-state index contributed by atoms with van der Waals surface area (Å²) in [5, 5.41) is 0. The van der Waals surface area contributed by atoms with Gasteiger partial charge in [0.2, 0.25) is 0 Å². The number of aryl methyl sites for hydroxylation is 1. The minimum absolute atomic E-state index is 0.317. The van der Waals surface area contributed by atoms with E-state index in [0.717, 1.165) is 12.0 Å². The Morgan fingerprint density at radius 2 is 1.80 bits per heavy atom. The van der Waals surface area contributed by atoms with E-state index in [4.69, 9.17) is 0 Å². The van der Waals surface area contributed by atoms with Gasteiger partial charge in [-0.05, 0) is 25.5 Å². The van der Waals surface area contributed by atoms with E-state index in [1.54, 1.807) is 12.1 Å². The highest BCUT2D eigenvalue weighted by molar-refractivity contribution is 14.1. The SMILES string of the molecule is CCCC(I)S(=O)(=O)c1ccc(C)cc1. The maximum absolute atomic E-state index is 12.0. The maximum Gasteiger partial charge on any atom is 0.190 e. The van der Waals surface area contributed by atoms with Gasteiger partial charge in [-0.2, -0.15) is 0 Å². The van der Waals surface area contributed by atoms with Crippen LogP contribution in [-0.4, -0.2) is 11.7 Å². The van der Waals surface area contributed by atoms with E-state index in [0.29, 0.717) is 11.3 Å². The molecule has 2 nitrogen and oxygen atoms in total. The Balaban J connectivity index is 3.01. The molecule has 0 saturated carbocycles. The molecule has 0 saturated heterocycles. The Labute approximate surface area is 105 Å². The first-order valence-corrected chi connectivity index (χ1v) is 7.72. The van der Waals surface area contributed by atoms with Gasteiger partial charge in [-0.15, -0.1) is 0 Å². The average Bonchev–Trinajstić information content (AvgIpc) is 2.18. The molecule has 4 heteroatoms. The second kappa shape index (κ2) is 5.30. The molecule has 0 spiro atoms. The van der Waals surface area contributed by atoms with Crippen LogP contribution >= 0.6 is 22.6 Å². The van der Waals surface area contributed by atoms with Gasteiger partial charge >= 0.3 is 0 Å². The lowest BCUT2D eigenvalue weighted by Crippen LogP contribution is -2.14. The Bertz CT molecular complexity index is 409. The topological polar surface area (TPSA) is 34.1 Å². The lowest BCUT2D eigenvalue weighted by atomic mass is 10.2. The summed E-state index contributed by atoms with van der Waals surface area (Å²) in [4.78, 5) is 0.431. The van der Waals surface area contributed by atoms with E-state index in [2.05, 4.69) is 0 Å². The van der Waals surface area contributed by atoms with E-state index in [1.807, 2.05) is 48.6 Å². The van der Waals surface area contributed by atoms with Gasteiger partial charge in [0.1, 0.15) is 3.26 Å². The molecule has 0 N–H and O–H groups in total. The van der Waals surface area contributed by atoms with Gasteiger partial charge in [0.25, 0.3) is 0 Å². The highest BCUT2D eigenvalue weighted by atomic mass is 127. The fraction of sp³-hybridized carbons (Fsp3) is 0.455. The first-order valence-electron chi connectivity index (χ1n) is 4.93. The lowest BCUT2D eigenvalue weighted by Gasteiger charge is -2.10. The molecule has 0 radical (unpaired) electrons. The smallest absolute Gasteiger partial charge is 0.190 e. The largest absolute Gasteiger partial charge is 0.223 e. The van der Waals surface area contributed by atoms with Gasteiger partial charge in [-0.1, -0.05) is 53.6 Å². The van der Waals surface area contributed by atoms with Crippen molar-refractivity contribution in [3.05, 3.63) is 29.8 Å². The number of sulfone groups is 1. The van der Waals surface area contributed by atoms with Gasteiger partial charge < -0.3 is 0 Å². The van der Waals surface area contributed by atoms with Crippen LogP contribution in [0.2, 0.25) is 0 Å². The van der Waals surface area contributed by atoms with E-state index < -0.39 is 9.84 Å². The minimum atomic E-state index is -3.13. The van der Waals surface area contributed by atoms with Crippen LogP contribution in [0.15, 0.2) is 29.2 Å². The third-order valence-corrected chi connectivity index (χ3v) is 6.67. The summed E-state index contributed by atoms with van der Waals surface area (Å²) in [6.07, 6.45) is 1.59. The molecule has 0 aliphatic heterocycles. The summed E-state index contributed by atoms with van der Waals surface area (Å²) in [5.41, 5.74) is 1.08. The minimum Gasteiger partial charge on any atom is -0.223 e. The summed E-state index contributed by atoms with van der Waals surface area (Å²) in [7, 11) is -3.13. The highest BCUT2D eigenvalue weighted by Crippen LogP contribution is 2.24. The Morgan fingerprint density at radius 3 is 2.27 bits per heavy atom. The fourth-order valence-corrected chi connectivity index (χ4v) is 4.12. The van der Waals surface area contributed by atoms with Crippen LogP contribution in [0.1, 0.15) is 25.3 Å². The Morgan fingerprint density at radius 1 is 1.27 bits per heavy atom. The van der Waals surface area contributed by atoms with Crippen molar-refractivity contribution in [1.82, 2.24) is 0 Å². The molecule has 15 heavy (non-hydrogen) atoms. The first-order chi connectivity index (χ1) is 6.98. The number of benzene rings is 1. The first kappa shape index (κ1) is 13.0. The maximum atomic E-state index is 12.0. The van der Waals surface area contributed by atoms with Crippen molar-refractivity contribution in [3.8, 4) is 0 Å². The molecule has 1 atom stereocenters. The van der Waals surface area contributed by atoms with Crippen molar-refractivity contribution in [1.29, 1.82) is 0 Å². The molecule has 0 bridgehead atoms. The van der Waals surface area contributed by atoms with Crippen molar-refractivity contribution in [3.63, 3.8) is 0 Å². The normalized spacial score (nSPS) is 13.8. The van der Waals surface area contributed by atoms with E-state index in [9.17, 15) is 8.42 Å².